The smallest absolute Gasteiger partial charge is 0.271 e. The fraction of sp³-hybridized carbons (Fsp3) is 0.0435. The third-order valence-electron chi connectivity index (χ3n) is 4.74. The van der Waals surface area contributed by atoms with E-state index in [1.54, 1.807) is 36.4 Å². The summed E-state index contributed by atoms with van der Waals surface area (Å²) in [6, 6.07) is 17.6. The maximum atomic E-state index is 12.6. The summed E-state index contributed by atoms with van der Waals surface area (Å²) >= 11 is 12.2. The van der Waals surface area contributed by atoms with Crippen LogP contribution in [0.1, 0.15) is 21.6 Å². The van der Waals surface area contributed by atoms with Crippen LogP contribution in [-0.2, 0) is 6.54 Å². The van der Waals surface area contributed by atoms with E-state index in [1.807, 2.05) is 6.07 Å². The highest BCUT2D eigenvalue weighted by Crippen LogP contribution is 2.32. The molecule has 0 aliphatic rings. The normalized spacial score (nSPS) is 10.6. The molecule has 4 aromatic rings. The molecule has 0 bridgehead atoms. The van der Waals surface area contributed by atoms with E-state index in [-0.39, 0.29) is 23.8 Å². The van der Waals surface area contributed by atoms with E-state index in [0.717, 1.165) is 5.56 Å². The van der Waals surface area contributed by atoms with Crippen molar-refractivity contribution in [3.63, 3.8) is 0 Å². The lowest BCUT2D eigenvalue weighted by Crippen LogP contribution is -2.23. The average molecular weight is 481 g/mol. The molecule has 10 heteroatoms. The Balaban J connectivity index is 1.48. The Kier molecular flexibility index (Phi) is 6.18. The van der Waals surface area contributed by atoms with Crippen molar-refractivity contribution in [2.24, 2.45) is 0 Å². The van der Waals surface area contributed by atoms with Gasteiger partial charge in [-0.1, -0.05) is 29.3 Å². The molecule has 1 aromatic heterocycles. The Hall–Kier alpha value is -4.06. The van der Waals surface area contributed by atoms with Gasteiger partial charge in [-0.25, -0.2) is 0 Å². The molecule has 0 aliphatic heterocycles. The van der Waals surface area contributed by atoms with E-state index in [0.29, 0.717) is 38.0 Å². The number of hydrogen-bond acceptors (Lipinski definition) is 5. The van der Waals surface area contributed by atoms with Gasteiger partial charge in [0.1, 0.15) is 17.2 Å². The number of nitrogens with zero attached hydrogens (tertiary/aromatic N) is 2. The Morgan fingerprint density at radius 2 is 1.94 bits per heavy atom. The molecule has 0 unspecified atom stereocenters. The SMILES string of the molecule is N#Cc1cc(Cl)cc(Oc2cc(CNC(=O)c3cc4ccc([N+](=O)[O-])cc4[nH]3)ccc2Cl)c1. The van der Waals surface area contributed by atoms with Crippen LogP contribution < -0.4 is 10.1 Å². The molecule has 33 heavy (non-hydrogen) atoms. The summed E-state index contributed by atoms with van der Waals surface area (Å²) in [5.41, 5.74) is 1.78. The zero-order valence-electron chi connectivity index (χ0n) is 16.8. The number of rotatable bonds is 6. The minimum atomic E-state index is -0.495. The molecule has 4 rings (SSSR count). The third-order valence-corrected chi connectivity index (χ3v) is 5.27. The van der Waals surface area contributed by atoms with E-state index in [2.05, 4.69) is 10.3 Å². The van der Waals surface area contributed by atoms with Crippen LogP contribution in [0.2, 0.25) is 10.0 Å². The monoisotopic (exact) mass is 480 g/mol. The number of non-ortho nitro benzene ring substituents is 1. The third kappa shape index (κ3) is 5.06. The van der Waals surface area contributed by atoms with Crippen LogP contribution in [0.4, 0.5) is 5.69 Å². The largest absolute Gasteiger partial charge is 0.456 e. The van der Waals surface area contributed by atoms with Crippen molar-refractivity contribution in [2.75, 3.05) is 0 Å². The predicted octanol–water partition coefficient (Wildman–Crippen LogP) is 5.98. The number of nitro benzene ring substituents is 1. The van der Waals surface area contributed by atoms with Gasteiger partial charge in [-0.05, 0) is 48.0 Å². The highest BCUT2D eigenvalue weighted by Gasteiger charge is 2.13. The molecule has 0 fully saturated rings. The molecule has 0 spiro atoms. The lowest BCUT2D eigenvalue weighted by atomic mass is 10.2. The number of ether oxygens (including phenoxy) is 1. The van der Waals surface area contributed by atoms with Crippen molar-refractivity contribution >= 4 is 45.7 Å². The molecule has 1 heterocycles. The number of fused-ring (bicyclic) bond motifs is 1. The van der Waals surface area contributed by atoms with Crippen LogP contribution in [0.3, 0.4) is 0 Å². The first-order valence-corrected chi connectivity index (χ1v) is 10.3. The van der Waals surface area contributed by atoms with Gasteiger partial charge in [-0.2, -0.15) is 5.26 Å². The van der Waals surface area contributed by atoms with E-state index in [1.165, 1.54) is 24.3 Å². The molecule has 164 valence electrons. The summed E-state index contributed by atoms with van der Waals surface area (Å²) in [5, 5.41) is 24.2. The van der Waals surface area contributed by atoms with Crippen molar-refractivity contribution < 1.29 is 14.5 Å². The van der Waals surface area contributed by atoms with Crippen LogP contribution in [-0.4, -0.2) is 15.8 Å². The van der Waals surface area contributed by atoms with E-state index in [9.17, 15) is 14.9 Å². The number of hydrogen-bond donors (Lipinski definition) is 2. The first kappa shape index (κ1) is 22.1. The molecule has 2 N–H and O–H groups in total. The lowest BCUT2D eigenvalue weighted by molar-refractivity contribution is -0.384. The van der Waals surface area contributed by atoms with Gasteiger partial charge < -0.3 is 15.0 Å². The van der Waals surface area contributed by atoms with Gasteiger partial charge in [0, 0.05) is 29.1 Å². The van der Waals surface area contributed by atoms with Gasteiger partial charge in [0.25, 0.3) is 11.6 Å². The Labute approximate surface area is 197 Å². The van der Waals surface area contributed by atoms with Gasteiger partial charge in [-0.15, -0.1) is 0 Å². The minimum absolute atomic E-state index is 0.0633. The van der Waals surface area contributed by atoms with Crippen molar-refractivity contribution in [3.8, 4) is 17.6 Å². The molecule has 1 amide bonds. The molecule has 0 saturated carbocycles. The van der Waals surface area contributed by atoms with Crippen LogP contribution >= 0.6 is 23.2 Å². The van der Waals surface area contributed by atoms with Crippen LogP contribution in [0, 0.1) is 21.4 Å². The topological polar surface area (TPSA) is 121 Å². The number of nitrogens with one attached hydrogen (secondary N) is 2. The Morgan fingerprint density at radius 3 is 2.70 bits per heavy atom. The number of nitro groups is 1. The molecule has 0 aliphatic carbocycles. The Morgan fingerprint density at radius 1 is 1.12 bits per heavy atom. The van der Waals surface area contributed by atoms with Gasteiger partial charge in [0.05, 0.1) is 27.1 Å². The summed E-state index contributed by atoms with van der Waals surface area (Å²) in [4.78, 5) is 25.9. The first-order chi connectivity index (χ1) is 15.8. The quantitative estimate of drug-likeness (QED) is 0.259. The van der Waals surface area contributed by atoms with E-state index in [4.69, 9.17) is 33.2 Å². The number of aromatic amines is 1. The van der Waals surface area contributed by atoms with Crippen molar-refractivity contribution in [2.45, 2.75) is 6.54 Å². The summed E-state index contributed by atoms with van der Waals surface area (Å²) in [7, 11) is 0. The second kappa shape index (κ2) is 9.20. The number of carbonyl (C=O) groups excluding carboxylic acids is 1. The van der Waals surface area contributed by atoms with Gasteiger partial charge in [0.15, 0.2) is 0 Å². The van der Waals surface area contributed by atoms with Crippen LogP contribution in [0.25, 0.3) is 10.9 Å². The predicted molar refractivity (Wildman–Crippen MR) is 124 cm³/mol. The van der Waals surface area contributed by atoms with Crippen molar-refractivity contribution in [1.29, 1.82) is 5.26 Å². The second-order valence-electron chi connectivity index (χ2n) is 7.05. The second-order valence-corrected chi connectivity index (χ2v) is 7.89. The molecular weight excluding hydrogens is 467 g/mol. The summed E-state index contributed by atoms with van der Waals surface area (Å²) in [6.45, 7) is 0.181. The van der Waals surface area contributed by atoms with Crippen LogP contribution in [0.15, 0.2) is 60.7 Å². The van der Waals surface area contributed by atoms with E-state index < -0.39 is 4.92 Å². The lowest BCUT2D eigenvalue weighted by Gasteiger charge is -2.11. The molecular formula is C23H14Cl2N4O4. The molecule has 0 saturated heterocycles. The van der Waals surface area contributed by atoms with E-state index >= 15 is 0 Å². The summed E-state index contributed by atoms with van der Waals surface area (Å²) in [6.07, 6.45) is 0. The Bertz CT molecular complexity index is 1440. The molecule has 0 radical (unpaired) electrons. The summed E-state index contributed by atoms with van der Waals surface area (Å²) < 4.78 is 5.79. The average Bonchev–Trinajstić information content (AvgIpc) is 3.22. The fourth-order valence-electron chi connectivity index (χ4n) is 3.18. The zero-order valence-corrected chi connectivity index (χ0v) is 18.3. The van der Waals surface area contributed by atoms with Gasteiger partial charge in [0.2, 0.25) is 0 Å². The molecule has 8 nitrogen and oxygen atoms in total. The maximum Gasteiger partial charge on any atom is 0.271 e. The van der Waals surface area contributed by atoms with Crippen LogP contribution in [0.5, 0.6) is 11.5 Å². The maximum absolute atomic E-state index is 12.6. The van der Waals surface area contributed by atoms with Crippen molar-refractivity contribution in [3.05, 3.63) is 97.6 Å². The number of carbonyl (C=O) groups is 1. The highest BCUT2D eigenvalue weighted by molar-refractivity contribution is 6.32. The fourth-order valence-corrected chi connectivity index (χ4v) is 3.56. The van der Waals surface area contributed by atoms with Crippen molar-refractivity contribution in [1.82, 2.24) is 10.3 Å². The zero-order chi connectivity index (χ0) is 23.5. The summed E-state index contributed by atoms with van der Waals surface area (Å²) in [5.74, 6) is 0.321. The highest BCUT2D eigenvalue weighted by atomic mass is 35.5. The molecule has 3 aromatic carbocycles. The number of aromatic nitrogens is 1. The number of benzene rings is 3. The minimum Gasteiger partial charge on any atom is -0.456 e. The molecule has 0 atom stereocenters. The number of nitriles is 1. The number of H-pyrrole nitrogens is 1. The van der Waals surface area contributed by atoms with Gasteiger partial charge >= 0.3 is 0 Å². The number of amides is 1. The first-order valence-electron chi connectivity index (χ1n) is 9.55. The number of halogens is 2. The standard InChI is InChI=1S/C23H14Cl2N4O4/c24-16-5-14(11-26)6-18(9-16)33-22-7-13(1-4-19(22)25)12-27-23(30)21-8-15-2-3-17(29(31)32)10-20(15)28-21/h1-10,28H,12H2,(H,27,30). The van der Waals surface area contributed by atoms with Gasteiger partial charge in [-0.3, -0.25) is 14.9 Å².